The van der Waals surface area contributed by atoms with E-state index in [1.54, 1.807) is 3.59 Å². The van der Waals surface area contributed by atoms with Crippen molar-refractivity contribution in [3.8, 4) is 0 Å². The van der Waals surface area contributed by atoms with Gasteiger partial charge in [0.25, 0.3) is 0 Å². The van der Waals surface area contributed by atoms with Crippen molar-refractivity contribution in [2.45, 2.75) is 85.4 Å². The first-order valence-electron chi connectivity index (χ1n) is 9.11. The van der Waals surface area contributed by atoms with E-state index in [1.165, 1.54) is 51.8 Å². The van der Waals surface area contributed by atoms with Crippen LogP contribution in [0, 0.1) is 0 Å². The van der Waals surface area contributed by atoms with Crippen LogP contribution >= 0.6 is 0 Å². The molecule has 2 nitrogen and oxygen atoms in total. The van der Waals surface area contributed by atoms with E-state index in [-0.39, 0.29) is 13.2 Å². The first-order chi connectivity index (χ1) is 10.2. The van der Waals surface area contributed by atoms with Gasteiger partial charge in [-0.15, -0.1) is 0 Å². The van der Waals surface area contributed by atoms with Gasteiger partial charge in [-0.3, -0.25) is 0 Å². The molecule has 0 saturated heterocycles. The van der Waals surface area contributed by atoms with Gasteiger partial charge in [0.05, 0.1) is 0 Å². The van der Waals surface area contributed by atoms with E-state index in [0.717, 1.165) is 12.8 Å². The van der Waals surface area contributed by atoms with Crippen molar-refractivity contribution in [1.82, 2.24) is 0 Å². The molecule has 0 bridgehead atoms. The molecule has 126 valence electrons. The van der Waals surface area contributed by atoms with Gasteiger partial charge in [0.15, 0.2) is 0 Å². The molecule has 0 unspecified atom stereocenters. The number of rotatable bonds is 14. The molecule has 0 atom stereocenters. The Hall–Kier alpha value is 0.459. The average molecular weight is 405 g/mol. The maximum absolute atomic E-state index is 9.51. The second-order valence-electron chi connectivity index (χ2n) is 6.31. The van der Waals surface area contributed by atoms with Crippen molar-refractivity contribution in [2.75, 3.05) is 13.2 Å². The first kappa shape index (κ1) is 21.5. The number of unbranched alkanes of at least 4 members (excludes halogenated alkanes) is 3. The molecule has 0 aromatic carbocycles. The van der Waals surface area contributed by atoms with Gasteiger partial charge in [0.2, 0.25) is 0 Å². The van der Waals surface area contributed by atoms with E-state index in [4.69, 9.17) is 0 Å². The van der Waals surface area contributed by atoms with Crippen LogP contribution in [0.3, 0.4) is 0 Å². The van der Waals surface area contributed by atoms with Crippen LogP contribution in [0.15, 0.2) is 9.67 Å². The zero-order valence-electron chi connectivity index (χ0n) is 14.7. The quantitative estimate of drug-likeness (QED) is 0.397. The van der Waals surface area contributed by atoms with Crippen molar-refractivity contribution in [3.63, 3.8) is 0 Å². The fourth-order valence-electron chi connectivity index (χ4n) is 3.35. The van der Waals surface area contributed by atoms with Crippen LogP contribution in [-0.4, -0.2) is 41.8 Å². The molecule has 21 heavy (non-hydrogen) atoms. The Morgan fingerprint density at radius 1 is 0.810 bits per heavy atom. The fourth-order valence-corrected chi connectivity index (χ4v) is 20.5. The molecule has 0 rings (SSSR count). The summed E-state index contributed by atoms with van der Waals surface area (Å²) in [6.07, 6.45) is 11.9. The summed E-state index contributed by atoms with van der Waals surface area (Å²) in [5.74, 6) is 0. The molecule has 0 fully saturated rings. The summed E-state index contributed by atoms with van der Waals surface area (Å²) in [6.45, 7) is 7.39. The van der Waals surface area contributed by atoms with Crippen LogP contribution in [0.25, 0.3) is 0 Å². The fraction of sp³-hybridized carbons (Fsp3) is 0.889. The minimum absolute atomic E-state index is 0.242. The van der Waals surface area contributed by atoms with E-state index < -0.39 is 18.4 Å². The van der Waals surface area contributed by atoms with Gasteiger partial charge in [0.1, 0.15) is 0 Å². The summed E-state index contributed by atoms with van der Waals surface area (Å²) in [7, 11) is 0. The topological polar surface area (TPSA) is 40.5 Å². The Balaban J connectivity index is 5.28. The molecule has 0 aliphatic rings. The Kier molecular flexibility index (Phi) is 14.4. The van der Waals surface area contributed by atoms with Gasteiger partial charge in [-0.25, -0.2) is 0 Å². The molecule has 2 N–H and O–H groups in total. The summed E-state index contributed by atoms with van der Waals surface area (Å²) in [6, 6.07) is 0. The molecule has 0 radical (unpaired) electrons. The van der Waals surface area contributed by atoms with Crippen LogP contribution < -0.4 is 0 Å². The molecule has 0 aliphatic heterocycles. The van der Waals surface area contributed by atoms with Crippen LogP contribution in [0.2, 0.25) is 13.3 Å². The third-order valence-electron chi connectivity index (χ3n) is 4.61. The monoisotopic (exact) mass is 406 g/mol. The SMILES string of the molecule is CCC[CH2][Sn]([CH2]CCC)([CH2]CCC)/[C](=C/CCO)CCO. The van der Waals surface area contributed by atoms with E-state index in [2.05, 4.69) is 26.8 Å². The summed E-state index contributed by atoms with van der Waals surface area (Å²) >= 11 is -2.34. The third kappa shape index (κ3) is 8.61. The van der Waals surface area contributed by atoms with Gasteiger partial charge >= 0.3 is 137 Å². The number of aliphatic hydroxyl groups is 2. The summed E-state index contributed by atoms with van der Waals surface area (Å²) in [5, 5.41) is 18.7. The van der Waals surface area contributed by atoms with Crippen molar-refractivity contribution in [2.24, 2.45) is 0 Å². The third-order valence-corrected chi connectivity index (χ3v) is 21.0. The molecule has 0 aromatic rings. The van der Waals surface area contributed by atoms with Crippen LogP contribution in [0.5, 0.6) is 0 Å². The predicted molar refractivity (Wildman–Crippen MR) is 96.4 cm³/mol. The van der Waals surface area contributed by atoms with E-state index in [0.29, 0.717) is 0 Å². The molecular formula is C18H38O2Sn. The van der Waals surface area contributed by atoms with Crippen LogP contribution in [-0.2, 0) is 0 Å². The predicted octanol–water partition coefficient (Wildman–Crippen LogP) is 5.07. The molecule has 0 aliphatic carbocycles. The van der Waals surface area contributed by atoms with E-state index in [1.807, 2.05) is 0 Å². The molecule has 0 saturated carbocycles. The van der Waals surface area contributed by atoms with Gasteiger partial charge in [-0.1, -0.05) is 0 Å². The normalized spacial score (nSPS) is 12.9. The number of aliphatic hydroxyl groups excluding tert-OH is 2. The molecular weight excluding hydrogens is 367 g/mol. The second kappa shape index (κ2) is 14.1. The second-order valence-corrected chi connectivity index (χ2v) is 19.7. The van der Waals surface area contributed by atoms with Gasteiger partial charge in [-0.05, 0) is 0 Å². The molecule has 3 heteroatoms. The van der Waals surface area contributed by atoms with Crippen LogP contribution in [0.4, 0.5) is 0 Å². The number of hydrogen-bond donors (Lipinski definition) is 2. The minimum atomic E-state index is -2.34. The summed E-state index contributed by atoms with van der Waals surface area (Å²) < 4.78 is 5.96. The van der Waals surface area contributed by atoms with Crippen molar-refractivity contribution in [3.05, 3.63) is 9.67 Å². The zero-order chi connectivity index (χ0) is 16.0. The Bertz CT molecular complexity index is 242. The Morgan fingerprint density at radius 3 is 1.62 bits per heavy atom. The van der Waals surface area contributed by atoms with E-state index >= 15 is 0 Å². The average Bonchev–Trinajstić information content (AvgIpc) is 2.51. The Morgan fingerprint density at radius 2 is 1.29 bits per heavy atom. The standard InChI is InChI=1S/C6H11O2.3C4H9.Sn/c7-5-3-1-2-4-6-8;3*1-3-4-2;/h1,7-8H,3-6H2;3*1,3-4H2,2H3;. The van der Waals surface area contributed by atoms with Gasteiger partial charge < -0.3 is 0 Å². The zero-order valence-corrected chi connectivity index (χ0v) is 17.5. The molecule has 0 aromatic heterocycles. The molecule has 0 spiro atoms. The van der Waals surface area contributed by atoms with Crippen molar-refractivity contribution >= 4 is 18.4 Å². The number of hydrogen-bond acceptors (Lipinski definition) is 2. The van der Waals surface area contributed by atoms with Crippen LogP contribution in [0.1, 0.15) is 72.1 Å². The van der Waals surface area contributed by atoms with Gasteiger partial charge in [0, 0.05) is 0 Å². The summed E-state index contributed by atoms with van der Waals surface area (Å²) in [4.78, 5) is 0. The summed E-state index contributed by atoms with van der Waals surface area (Å²) in [5.41, 5.74) is 0. The molecule has 0 heterocycles. The Labute approximate surface area is 136 Å². The van der Waals surface area contributed by atoms with Gasteiger partial charge in [-0.2, -0.15) is 0 Å². The molecule has 0 amide bonds. The van der Waals surface area contributed by atoms with Crippen molar-refractivity contribution < 1.29 is 10.2 Å². The van der Waals surface area contributed by atoms with E-state index in [9.17, 15) is 10.2 Å². The first-order valence-corrected chi connectivity index (χ1v) is 16.6. The van der Waals surface area contributed by atoms with Crippen molar-refractivity contribution in [1.29, 1.82) is 0 Å². The maximum atomic E-state index is 9.51.